The highest BCUT2D eigenvalue weighted by molar-refractivity contribution is 5.78. The summed E-state index contributed by atoms with van der Waals surface area (Å²) in [6, 6.07) is 8.48. The predicted molar refractivity (Wildman–Crippen MR) is 79.0 cm³/mol. The van der Waals surface area contributed by atoms with Gasteiger partial charge in [-0.25, -0.2) is 0 Å². The average Bonchev–Trinajstić information content (AvgIpc) is 2.80. The van der Waals surface area contributed by atoms with Crippen molar-refractivity contribution in [3.63, 3.8) is 0 Å². The fourth-order valence-electron chi connectivity index (χ4n) is 3.39. The van der Waals surface area contributed by atoms with E-state index in [-0.39, 0.29) is 6.04 Å². The largest absolute Gasteiger partial charge is 0.459 e. The highest BCUT2D eigenvalue weighted by Gasteiger charge is 2.27. The Kier molecular flexibility index (Phi) is 3.36. The highest BCUT2D eigenvalue weighted by atomic mass is 16.3. The van der Waals surface area contributed by atoms with Crippen LogP contribution >= 0.6 is 0 Å². The Balaban J connectivity index is 1.86. The average molecular weight is 257 g/mol. The molecule has 0 radical (unpaired) electrons. The van der Waals surface area contributed by atoms with Gasteiger partial charge in [0.05, 0.1) is 6.04 Å². The SMILES string of the molecule is Cc1ccc2oc(C(N)C3CCCC(C)C3)cc2c1. The second-order valence-corrected chi connectivity index (χ2v) is 6.25. The van der Waals surface area contributed by atoms with Crippen LogP contribution in [-0.2, 0) is 0 Å². The van der Waals surface area contributed by atoms with Crippen LogP contribution in [0.15, 0.2) is 28.7 Å². The number of hydrogen-bond acceptors (Lipinski definition) is 2. The molecule has 1 aromatic heterocycles. The van der Waals surface area contributed by atoms with Crippen LogP contribution in [0.4, 0.5) is 0 Å². The van der Waals surface area contributed by atoms with Crippen molar-refractivity contribution in [1.82, 2.24) is 0 Å². The summed E-state index contributed by atoms with van der Waals surface area (Å²) in [5.41, 5.74) is 8.66. The zero-order valence-electron chi connectivity index (χ0n) is 11.9. The minimum Gasteiger partial charge on any atom is -0.459 e. The van der Waals surface area contributed by atoms with Gasteiger partial charge in [0.25, 0.3) is 0 Å². The lowest BCUT2D eigenvalue weighted by Crippen LogP contribution is -2.25. The monoisotopic (exact) mass is 257 g/mol. The number of furan rings is 1. The molecule has 1 fully saturated rings. The van der Waals surface area contributed by atoms with Crippen molar-refractivity contribution in [2.24, 2.45) is 17.6 Å². The number of fused-ring (bicyclic) bond motifs is 1. The van der Waals surface area contributed by atoms with Crippen LogP contribution in [0.2, 0.25) is 0 Å². The van der Waals surface area contributed by atoms with E-state index in [1.165, 1.54) is 36.6 Å². The molecule has 0 spiro atoms. The molecule has 0 aliphatic heterocycles. The standard InChI is InChI=1S/C17H23NO/c1-11-4-3-5-13(8-11)17(18)16-10-14-9-12(2)6-7-15(14)19-16/h6-7,9-11,13,17H,3-5,8,18H2,1-2H3. The summed E-state index contributed by atoms with van der Waals surface area (Å²) >= 11 is 0. The van der Waals surface area contributed by atoms with Gasteiger partial charge in [-0.3, -0.25) is 0 Å². The molecule has 3 atom stereocenters. The summed E-state index contributed by atoms with van der Waals surface area (Å²) in [6.07, 6.45) is 5.13. The maximum absolute atomic E-state index is 6.44. The van der Waals surface area contributed by atoms with Gasteiger partial charge in [-0.15, -0.1) is 0 Å². The van der Waals surface area contributed by atoms with Crippen molar-refractivity contribution in [1.29, 1.82) is 0 Å². The third-order valence-corrected chi connectivity index (χ3v) is 4.50. The number of nitrogens with two attached hydrogens (primary N) is 1. The number of hydrogen-bond donors (Lipinski definition) is 1. The van der Waals surface area contributed by atoms with Gasteiger partial charge in [0.2, 0.25) is 0 Å². The molecule has 2 N–H and O–H groups in total. The third kappa shape index (κ3) is 2.55. The second kappa shape index (κ2) is 5.01. The predicted octanol–water partition coefficient (Wildman–Crippen LogP) is 4.57. The van der Waals surface area contributed by atoms with Gasteiger partial charge in [-0.1, -0.05) is 31.4 Å². The topological polar surface area (TPSA) is 39.2 Å². The van der Waals surface area contributed by atoms with E-state index in [1.807, 2.05) is 6.07 Å². The van der Waals surface area contributed by atoms with Crippen molar-refractivity contribution in [3.8, 4) is 0 Å². The van der Waals surface area contributed by atoms with Crippen LogP contribution in [0.3, 0.4) is 0 Å². The van der Waals surface area contributed by atoms with Gasteiger partial charge in [0.15, 0.2) is 0 Å². The molecular weight excluding hydrogens is 234 g/mol. The molecule has 0 saturated heterocycles. The fraction of sp³-hybridized carbons (Fsp3) is 0.529. The van der Waals surface area contributed by atoms with Gasteiger partial charge in [-0.05, 0) is 49.8 Å². The van der Waals surface area contributed by atoms with E-state index in [4.69, 9.17) is 10.2 Å². The van der Waals surface area contributed by atoms with E-state index >= 15 is 0 Å². The Morgan fingerprint density at radius 2 is 2.11 bits per heavy atom. The zero-order chi connectivity index (χ0) is 13.4. The molecule has 1 aliphatic carbocycles. The van der Waals surface area contributed by atoms with Crippen molar-refractivity contribution in [2.75, 3.05) is 0 Å². The molecule has 3 rings (SSSR count). The summed E-state index contributed by atoms with van der Waals surface area (Å²) in [7, 11) is 0. The maximum Gasteiger partial charge on any atom is 0.134 e. The maximum atomic E-state index is 6.44. The quantitative estimate of drug-likeness (QED) is 0.856. The molecule has 1 aromatic carbocycles. The normalized spacial score (nSPS) is 25.6. The van der Waals surface area contributed by atoms with E-state index in [9.17, 15) is 0 Å². The molecule has 102 valence electrons. The van der Waals surface area contributed by atoms with Gasteiger partial charge in [0, 0.05) is 5.39 Å². The third-order valence-electron chi connectivity index (χ3n) is 4.50. The fourth-order valence-corrected chi connectivity index (χ4v) is 3.39. The van der Waals surface area contributed by atoms with E-state index in [2.05, 4.69) is 32.0 Å². The highest BCUT2D eigenvalue weighted by Crippen LogP contribution is 2.37. The lowest BCUT2D eigenvalue weighted by atomic mass is 9.78. The molecule has 1 saturated carbocycles. The Bertz CT molecular complexity index is 572. The molecule has 0 amide bonds. The minimum atomic E-state index is 0.0513. The molecule has 19 heavy (non-hydrogen) atoms. The Morgan fingerprint density at radius 1 is 1.26 bits per heavy atom. The summed E-state index contributed by atoms with van der Waals surface area (Å²) in [4.78, 5) is 0. The van der Waals surface area contributed by atoms with E-state index in [0.29, 0.717) is 5.92 Å². The lowest BCUT2D eigenvalue weighted by molar-refractivity contribution is 0.233. The molecule has 3 unspecified atom stereocenters. The number of aryl methyl sites for hydroxylation is 1. The first-order valence-electron chi connectivity index (χ1n) is 7.39. The Morgan fingerprint density at radius 3 is 2.89 bits per heavy atom. The van der Waals surface area contributed by atoms with Crippen LogP contribution in [0.25, 0.3) is 11.0 Å². The van der Waals surface area contributed by atoms with E-state index in [0.717, 1.165) is 17.3 Å². The van der Waals surface area contributed by atoms with Crippen molar-refractivity contribution < 1.29 is 4.42 Å². The van der Waals surface area contributed by atoms with Gasteiger partial charge < -0.3 is 10.2 Å². The summed E-state index contributed by atoms with van der Waals surface area (Å²) < 4.78 is 5.95. The number of benzene rings is 1. The first-order valence-corrected chi connectivity index (χ1v) is 7.39. The molecule has 2 heteroatoms. The molecule has 0 bridgehead atoms. The first-order chi connectivity index (χ1) is 9.13. The first kappa shape index (κ1) is 12.7. The van der Waals surface area contributed by atoms with Gasteiger partial charge in [-0.2, -0.15) is 0 Å². The van der Waals surface area contributed by atoms with Crippen LogP contribution in [-0.4, -0.2) is 0 Å². The summed E-state index contributed by atoms with van der Waals surface area (Å²) in [5.74, 6) is 2.33. The van der Waals surface area contributed by atoms with E-state index < -0.39 is 0 Å². The summed E-state index contributed by atoms with van der Waals surface area (Å²) in [5, 5.41) is 1.18. The van der Waals surface area contributed by atoms with E-state index in [1.54, 1.807) is 0 Å². The lowest BCUT2D eigenvalue weighted by Gasteiger charge is -2.30. The zero-order valence-corrected chi connectivity index (χ0v) is 11.9. The van der Waals surface area contributed by atoms with Gasteiger partial charge in [0.1, 0.15) is 11.3 Å². The molecule has 1 heterocycles. The molecule has 2 aromatic rings. The molecule has 1 aliphatic rings. The second-order valence-electron chi connectivity index (χ2n) is 6.25. The Labute approximate surface area is 115 Å². The summed E-state index contributed by atoms with van der Waals surface area (Å²) in [6.45, 7) is 4.44. The van der Waals surface area contributed by atoms with Crippen molar-refractivity contribution in [3.05, 3.63) is 35.6 Å². The molecular formula is C17H23NO. The van der Waals surface area contributed by atoms with Crippen LogP contribution in [0.1, 0.15) is 50.0 Å². The van der Waals surface area contributed by atoms with Crippen LogP contribution < -0.4 is 5.73 Å². The minimum absolute atomic E-state index is 0.0513. The van der Waals surface area contributed by atoms with Crippen LogP contribution in [0, 0.1) is 18.8 Å². The Hall–Kier alpha value is -1.28. The smallest absolute Gasteiger partial charge is 0.134 e. The van der Waals surface area contributed by atoms with Gasteiger partial charge >= 0.3 is 0 Å². The number of rotatable bonds is 2. The molecule has 2 nitrogen and oxygen atoms in total. The van der Waals surface area contributed by atoms with Crippen LogP contribution in [0.5, 0.6) is 0 Å². The van der Waals surface area contributed by atoms with Crippen molar-refractivity contribution in [2.45, 2.75) is 45.6 Å². The van der Waals surface area contributed by atoms with Crippen molar-refractivity contribution >= 4 is 11.0 Å².